The van der Waals surface area contributed by atoms with Crippen LogP contribution in [-0.2, 0) is 14.3 Å². The number of benzene rings is 1. The molecule has 4 heteroatoms. The molecule has 2 bridgehead atoms. The Balaban J connectivity index is 1.73. The fourth-order valence-corrected chi connectivity index (χ4v) is 3.66. The van der Waals surface area contributed by atoms with Crippen molar-refractivity contribution >= 4 is 17.5 Å². The van der Waals surface area contributed by atoms with Crippen LogP contribution in [0.4, 0.5) is 5.69 Å². The van der Waals surface area contributed by atoms with Gasteiger partial charge in [0.05, 0.1) is 29.7 Å². The van der Waals surface area contributed by atoms with E-state index in [0.717, 1.165) is 18.4 Å². The van der Waals surface area contributed by atoms with Gasteiger partial charge in [-0.1, -0.05) is 17.7 Å². The van der Waals surface area contributed by atoms with Gasteiger partial charge in [-0.15, -0.1) is 0 Å². The summed E-state index contributed by atoms with van der Waals surface area (Å²) in [6.07, 6.45) is 1.74. The number of carbonyl (C=O) groups is 2. The SMILES string of the molecule is Cc1ccc(N2C(=O)[C@@H]3[C@H](C2=O)[C@H]2CC[C@@H]3O2)cc1. The first kappa shape index (κ1) is 11.2. The summed E-state index contributed by atoms with van der Waals surface area (Å²) < 4.78 is 5.72. The summed E-state index contributed by atoms with van der Waals surface area (Å²) in [5, 5.41) is 0. The molecule has 1 aromatic rings. The van der Waals surface area contributed by atoms with E-state index in [2.05, 4.69) is 0 Å². The first-order valence-electron chi connectivity index (χ1n) is 6.77. The number of fused-ring (bicyclic) bond motifs is 5. The molecule has 0 radical (unpaired) electrons. The average Bonchev–Trinajstić information content (AvgIpc) is 3.06. The van der Waals surface area contributed by atoms with Gasteiger partial charge in [0.2, 0.25) is 11.8 Å². The van der Waals surface area contributed by atoms with Gasteiger partial charge in [-0.2, -0.15) is 0 Å². The standard InChI is InChI=1S/C15H15NO3/c1-8-2-4-9(5-3-8)16-14(17)12-10-6-7-11(19-10)13(12)15(16)18/h2-5,10-13H,6-7H2,1H3/t10-,11+,12-,13+. The van der Waals surface area contributed by atoms with E-state index < -0.39 is 0 Å². The minimum absolute atomic E-state index is 0.0399. The molecule has 3 heterocycles. The number of imide groups is 1. The molecule has 0 aliphatic carbocycles. The van der Waals surface area contributed by atoms with Crippen molar-refractivity contribution in [3.8, 4) is 0 Å². The van der Waals surface area contributed by atoms with Gasteiger partial charge in [-0.05, 0) is 31.9 Å². The van der Waals surface area contributed by atoms with Crippen LogP contribution in [-0.4, -0.2) is 24.0 Å². The van der Waals surface area contributed by atoms with Gasteiger partial charge in [0.1, 0.15) is 0 Å². The van der Waals surface area contributed by atoms with Crippen LogP contribution in [0.2, 0.25) is 0 Å². The van der Waals surface area contributed by atoms with Crippen LogP contribution in [0.1, 0.15) is 18.4 Å². The lowest BCUT2D eigenvalue weighted by atomic mass is 9.81. The predicted molar refractivity (Wildman–Crippen MR) is 68.5 cm³/mol. The zero-order valence-electron chi connectivity index (χ0n) is 10.7. The van der Waals surface area contributed by atoms with Crippen molar-refractivity contribution in [2.45, 2.75) is 32.0 Å². The number of hydrogen-bond acceptors (Lipinski definition) is 3. The van der Waals surface area contributed by atoms with Crippen molar-refractivity contribution in [2.75, 3.05) is 4.90 Å². The number of aryl methyl sites for hydroxylation is 1. The van der Waals surface area contributed by atoms with E-state index in [9.17, 15) is 9.59 Å². The fourth-order valence-electron chi connectivity index (χ4n) is 3.66. The summed E-state index contributed by atoms with van der Waals surface area (Å²) in [5.41, 5.74) is 1.81. The quantitative estimate of drug-likeness (QED) is 0.719. The summed E-state index contributed by atoms with van der Waals surface area (Å²) in [4.78, 5) is 26.4. The molecular formula is C15H15NO3. The van der Waals surface area contributed by atoms with Crippen molar-refractivity contribution in [3.63, 3.8) is 0 Å². The Labute approximate surface area is 111 Å². The van der Waals surface area contributed by atoms with E-state index in [-0.39, 0.29) is 35.9 Å². The molecule has 3 saturated heterocycles. The van der Waals surface area contributed by atoms with Crippen molar-refractivity contribution in [3.05, 3.63) is 29.8 Å². The molecule has 3 aliphatic heterocycles. The third-order valence-corrected chi connectivity index (χ3v) is 4.58. The third-order valence-electron chi connectivity index (χ3n) is 4.58. The zero-order chi connectivity index (χ0) is 13.1. The van der Waals surface area contributed by atoms with Gasteiger partial charge in [0.25, 0.3) is 0 Å². The molecule has 4 rings (SSSR count). The van der Waals surface area contributed by atoms with Gasteiger partial charge in [-0.25, -0.2) is 4.90 Å². The molecular weight excluding hydrogens is 242 g/mol. The van der Waals surface area contributed by atoms with Gasteiger partial charge in [0.15, 0.2) is 0 Å². The summed E-state index contributed by atoms with van der Waals surface area (Å²) in [6, 6.07) is 7.54. The van der Waals surface area contributed by atoms with Gasteiger partial charge in [-0.3, -0.25) is 9.59 Å². The predicted octanol–water partition coefficient (Wildman–Crippen LogP) is 1.66. The normalized spacial score (nSPS) is 36.2. The minimum Gasteiger partial charge on any atom is -0.373 e. The molecule has 4 atom stereocenters. The maximum Gasteiger partial charge on any atom is 0.240 e. The molecule has 2 amide bonds. The number of anilines is 1. The molecule has 3 fully saturated rings. The van der Waals surface area contributed by atoms with Crippen molar-refractivity contribution in [1.29, 1.82) is 0 Å². The number of rotatable bonds is 1. The van der Waals surface area contributed by atoms with Crippen LogP contribution in [0.25, 0.3) is 0 Å². The van der Waals surface area contributed by atoms with Crippen LogP contribution in [0.15, 0.2) is 24.3 Å². The highest BCUT2D eigenvalue weighted by molar-refractivity contribution is 6.22. The fraction of sp³-hybridized carbons (Fsp3) is 0.467. The number of carbonyl (C=O) groups excluding carboxylic acids is 2. The molecule has 0 aromatic heterocycles. The van der Waals surface area contributed by atoms with Crippen LogP contribution in [0.5, 0.6) is 0 Å². The maximum absolute atomic E-state index is 12.5. The van der Waals surface area contributed by atoms with Gasteiger partial charge >= 0.3 is 0 Å². The summed E-state index contributed by atoms with van der Waals surface area (Å²) in [5.74, 6) is -0.641. The molecule has 3 aliphatic rings. The second kappa shape index (κ2) is 3.67. The summed E-state index contributed by atoms with van der Waals surface area (Å²) >= 11 is 0. The average molecular weight is 257 g/mol. The Bertz CT molecular complexity index is 537. The summed E-state index contributed by atoms with van der Waals surface area (Å²) in [7, 11) is 0. The Morgan fingerprint density at radius 2 is 1.53 bits per heavy atom. The second-order valence-corrected chi connectivity index (χ2v) is 5.69. The van der Waals surface area contributed by atoms with E-state index in [1.165, 1.54) is 4.90 Å². The molecule has 0 saturated carbocycles. The third kappa shape index (κ3) is 1.38. The molecule has 1 aromatic carbocycles. The Morgan fingerprint density at radius 3 is 2.05 bits per heavy atom. The van der Waals surface area contributed by atoms with E-state index >= 15 is 0 Å². The molecule has 19 heavy (non-hydrogen) atoms. The Kier molecular flexibility index (Phi) is 2.16. The maximum atomic E-state index is 12.5. The largest absolute Gasteiger partial charge is 0.373 e. The Hall–Kier alpha value is -1.68. The monoisotopic (exact) mass is 257 g/mol. The molecule has 4 nitrogen and oxygen atoms in total. The van der Waals surface area contributed by atoms with Gasteiger partial charge < -0.3 is 4.74 Å². The second-order valence-electron chi connectivity index (χ2n) is 5.69. The smallest absolute Gasteiger partial charge is 0.240 e. The van der Waals surface area contributed by atoms with E-state index in [4.69, 9.17) is 4.74 Å². The number of hydrogen-bond donors (Lipinski definition) is 0. The lowest BCUT2D eigenvalue weighted by Crippen LogP contribution is -2.34. The van der Waals surface area contributed by atoms with Crippen molar-refractivity contribution < 1.29 is 14.3 Å². The van der Waals surface area contributed by atoms with Crippen molar-refractivity contribution in [1.82, 2.24) is 0 Å². The van der Waals surface area contributed by atoms with Crippen molar-refractivity contribution in [2.24, 2.45) is 11.8 Å². The highest BCUT2D eigenvalue weighted by Crippen LogP contribution is 2.49. The number of nitrogens with zero attached hydrogens (tertiary/aromatic N) is 1. The molecule has 0 spiro atoms. The van der Waals surface area contributed by atoms with Crippen LogP contribution < -0.4 is 4.90 Å². The number of ether oxygens (including phenoxy) is 1. The highest BCUT2D eigenvalue weighted by Gasteiger charge is 2.62. The lowest BCUT2D eigenvalue weighted by Gasteiger charge is -2.17. The van der Waals surface area contributed by atoms with Crippen LogP contribution in [0.3, 0.4) is 0 Å². The van der Waals surface area contributed by atoms with Crippen LogP contribution >= 0.6 is 0 Å². The molecule has 0 unspecified atom stereocenters. The van der Waals surface area contributed by atoms with E-state index in [0.29, 0.717) is 5.69 Å². The highest BCUT2D eigenvalue weighted by atomic mass is 16.5. The molecule has 0 N–H and O–H groups in total. The summed E-state index contributed by atoms with van der Waals surface area (Å²) in [6.45, 7) is 1.99. The van der Waals surface area contributed by atoms with E-state index in [1.807, 2.05) is 31.2 Å². The lowest BCUT2D eigenvalue weighted by molar-refractivity contribution is -0.124. The first-order chi connectivity index (χ1) is 9.16. The topological polar surface area (TPSA) is 46.6 Å². The Morgan fingerprint density at radius 1 is 1.00 bits per heavy atom. The molecule has 98 valence electrons. The minimum atomic E-state index is -0.243. The number of amides is 2. The first-order valence-corrected chi connectivity index (χ1v) is 6.77. The van der Waals surface area contributed by atoms with Gasteiger partial charge in [0, 0.05) is 0 Å². The van der Waals surface area contributed by atoms with E-state index in [1.54, 1.807) is 0 Å². The zero-order valence-corrected chi connectivity index (χ0v) is 10.7. The van der Waals surface area contributed by atoms with Crippen LogP contribution in [0, 0.1) is 18.8 Å².